The maximum atomic E-state index is 14.0. The summed E-state index contributed by atoms with van der Waals surface area (Å²) in [4.78, 5) is 49.9. The van der Waals surface area contributed by atoms with E-state index in [0.29, 0.717) is 0 Å². The van der Waals surface area contributed by atoms with Crippen molar-refractivity contribution in [2.75, 3.05) is 0 Å². The van der Waals surface area contributed by atoms with E-state index in [1.165, 1.54) is 40.7 Å². The Labute approximate surface area is 241 Å². The van der Waals surface area contributed by atoms with Crippen molar-refractivity contribution < 1.29 is 56.0 Å². The molecule has 3 aliphatic rings. The fraction of sp³-hybridized carbons (Fsp3) is 0.778. The van der Waals surface area contributed by atoms with Gasteiger partial charge in [-0.15, -0.1) is 0 Å². The molecule has 0 aromatic carbocycles. The second-order valence-electron chi connectivity index (χ2n) is 11.5. The average molecular weight is 606 g/mol. The Morgan fingerprint density at radius 3 is 2.17 bits per heavy atom. The van der Waals surface area contributed by atoms with E-state index in [0.717, 1.165) is 0 Å². The second-order valence-corrected chi connectivity index (χ2v) is 11.5. The first-order chi connectivity index (χ1) is 19.3. The van der Waals surface area contributed by atoms with E-state index in [1.54, 1.807) is 20.8 Å². The summed E-state index contributed by atoms with van der Waals surface area (Å²) < 4.78 is 69.2. The van der Waals surface area contributed by atoms with Crippen LogP contribution in [0.15, 0.2) is 16.8 Å². The van der Waals surface area contributed by atoms with E-state index < -0.39 is 84.2 Å². The normalized spacial score (nSPS) is 38.1. The number of ketones is 1. The molecule has 0 unspecified atom stereocenters. The Kier molecular flexibility index (Phi) is 10.9. The summed E-state index contributed by atoms with van der Waals surface area (Å²) >= 11 is 0. The predicted octanol–water partition coefficient (Wildman–Crippen LogP) is 6.36. The predicted molar refractivity (Wildman–Crippen MR) is 140 cm³/mol. The maximum Gasteiger partial charge on any atom is 0.509 e. The van der Waals surface area contributed by atoms with Gasteiger partial charge in [-0.25, -0.2) is 14.4 Å². The molecule has 0 aromatic heterocycles. The van der Waals surface area contributed by atoms with Crippen molar-refractivity contribution in [1.82, 2.24) is 0 Å². The number of cyclic esters (lactones) is 1. The Hall–Kier alpha value is -3.48. The van der Waals surface area contributed by atoms with Crippen molar-refractivity contribution in [3.8, 4) is 0 Å². The minimum absolute atomic E-state index is 0.0306. The lowest BCUT2D eigenvalue weighted by Crippen LogP contribution is -2.62. The second kappa shape index (κ2) is 13.2. The molecule has 2 bridgehead atoms. The van der Waals surface area contributed by atoms with Gasteiger partial charge in [0.05, 0.1) is 6.42 Å². The van der Waals surface area contributed by atoms with Crippen LogP contribution in [0.5, 0.6) is 0 Å². The van der Waals surface area contributed by atoms with Crippen molar-refractivity contribution in [1.29, 1.82) is 0 Å². The first-order valence-electron chi connectivity index (χ1n) is 13.6. The van der Waals surface area contributed by atoms with Gasteiger partial charge < -0.3 is 28.5 Å². The van der Waals surface area contributed by atoms with Crippen LogP contribution in [-0.4, -0.2) is 65.8 Å². The number of hydrogen-bond donors (Lipinski definition) is 0. The van der Waals surface area contributed by atoms with Crippen LogP contribution in [0.25, 0.3) is 10.4 Å². The zero-order valence-corrected chi connectivity index (χ0v) is 24.9. The van der Waals surface area contributed by atoms with Crippen LogP contribution < -0.4 is 0 Å². The van der Waals surface area contributed by atoms with Crippen LogP contribution >= 0.6 is 0 Å². The minimum atomic E-state index is -4.89. The number of hydrogen-bond acceptors (Lipinski definition) is 10. The largest absolute Gasteiger partial charge is 0.509 e. The van der Waals surface area contributed by atoms with Crippen LogP contribution in [0, 0.1) is 17.8 Å². The molecule has 0 radical (unpaired) electrons. The van der Waals surface area contributed by atoms with E-state index in [9.17, 15) is 37.9 Å². The first kappa shape index (κ1) is 34.7. The summed E-state index contributed by atoms with van der Waals surface area (Å²) in [5.74, 6) is -2.89. The molecular formula is C27H38F3N3O9. The summed E-state index contributed by atoms with van der Waals surface area (Å²) in [6.07, 6.45) is -12.5. The molecule has 0 aromatic rings. The van der Waals surface area contributed by atoms with Gasteiger partial charge in [-0.3, -0.25) is 0 Å². The van der Waals surface area contributed by atoms with Gasteiger partial charge in [0.2, 0.25) is 0 Å². The van der Waals surface area contributed by atoms with Gasteiger partial charge in [0.1, 0.15) is 29.6 Å². The molecule has 2 fully saturated rings. The SMILES string of the molecule is CC(C)=O.CC[C@H]1OC(=O)/C(C)=C/[C@H](C)[C@H]2OC(=O)O[C@]2(C)C[C@@H](C)[C@@H]2OC(=O)O[C@H]([C@H]2C)[C@]1(CC(F)(F)F)N=[N+]=[N-]. The molecule has 236 valence electrons. The van der Waals surface area contributed by atoms with E-state index in [4.69, 9.17) is 23.7 Å². The van der Waals surface area contributed by atoms with Gasteiger partial charge in [-0.2, -0.15) is 13.2 Å². The summed E-state index contributed by atoms with van der Waals surface area (Å²) in [5, 5.41) is 3.55. The minimum Gasteiger partial charge on any atom is -0.458 e. The maximum absolute atomic E-state index is 14.0. The number of ether oxygens (including phenoxy) is 5. The van der Waals surface area contributed by atoms with Gasteiger partial charge in [0.25, 0.3) is 0 Å². The smallest absolute Gasteiger partial charge is 0.458 e. The number of alkyl halides is 3. The number of rotatable bonds is 3. The quantitative estimate of drug-likeness (QED) is 0.117. The number of nitrogens with zero attached hydrogens (tertiary/aromatic N) is 3. The highest BCUT2D eigenvalue weighted by Crippen LogP contribution is 2.47. The first-order valence-corrected chi connectivity index (χ1v) is 13.6. The monoisotopic (exact) mass is 605 g/mol. The lowest BCUT2D eigenvalue weighted by molar-refractivity contribution is -0.204. The Balaban J connectivity index is 0.00000144. The van der Waals surface area contributed by atoms with E-state index in [1.807, 2.05) is 0 Å². The van der Waals surface area contributed by atoms with Crippen molar-refractivity contribution in [2.45, 2.75) is 116 Å². The third-order valence-electron chi connectivity index (χ3n) is 7.58. The molecule has 15 heteroatoms. The number of carbonyl (C=O) groups excluding carboxylic acids is 4. The average Bonchev–Trinajstić information content (AvgIpc) is 3.14. The lowest BCUT2D eigenvalue weighted by Gasteiger charge is -2.48. The summed E-state index contributed by atoms with van der Waals surface area (Å²) in [7, 11) is 0. The third-order valence-corrected chi connectivity index (χ3v) is 7.58. The van der Waals surface area contributed by atoms with Gasteiger partial charge in [0.15, 0.2) is 11.7 Å². The van der Waals surface area contributed by atoms with Crippen molar-refractivity contribution in [2.24, 2.45) is 22.9 Å². The molecule has 0 N–H and O–H groups in total. The molecule has 12 nitrogen and oxygen atoms in total. The number of azide groups is 1. The van der Waals surface area contributed by atoms with Crippen LogP contribution in [0.1, 0.15) is 74.7 Å². The Bertz CT molecular complexity index is 1140. The van der Waals surface area contributed by atoms with Crippen LogP contribution in [-0.2, 0) is 33.3 Å². The number of Topliss-reactive ketones (excluding diaryl/α,β-unsaturated/α-hetero) is 1. The van der Waals surface area contributed by atoms with Crippen molar-refractivity contribution >= 4 is 24.1 Å². The zero-order chi connectivity index (χ0) is 32.2. The molecule has 0 saturated carbocycles. The molecule has 0 spiro atoms. The topological polar surface area (TPSA) is 163 Å². The molecular weight excluding hydrogens is 567 g/mol. The molecule has 3 rings (SSSR count). The number of esters is 1. The molecule has 42 heavy (non-hydrogen) atoms. The van der Waals surface area contributed by atoms with Crippen molar-refractivity contribution in [3.05, 3.63) is 22.1 Å². The molecule has 0 amide bonds. The summed E-state index contributed by atoms with van der Waals surface area (Å²) in [5.41, 5.74) is 5.67. The summed E-state index contributed by atoms with van der Waals surface area (Å²) in [6.45, 7) is 12.4. The Morgan fingerprint density at radius 1 is 1.07 bits per heavy atom. The molecule has 9 atom stereocenters. The Morgan fingerprint density at radius 2 is 1.64 bits per heavy atom. The van der Waals surface area contributed by atoms with Gasteiger partial charge in [-0.05, 0) is 52.0 Å². The number of fused-ring (bicyclic) bond motifs is 3. The fourth-order valence-electron chi connectivity index (χ4n) is 6.17. The highest BCUT2D eigenvalue weighted by Gasteiger charge is 2.61. The lowest BCUT2D eigenvalue weighted by atomic mass is 9.71. The molecule has 0 aliphatic carbocycles. The fourth-order valence-corrected chi connectivity index (χ4v) is 6.17. The van der Waals surface area contributed by atoms with Gasteiger partial charge in [-0.1, -0.05) is 38.9 Å². The van der Waals surface area contributed by atoms with Crippen LogP contribution in [0.4, 0.5) is 22.8 Å². The highest BCUT2D eigenvalue weighted by molar-refractivity contribution is 5.88. The number of carbonyl (C=O) groups is 4. The van der Waals surface area contributed by atoms with Crippen molar-refractivity contribution in [3.63, 3.8) is 0 Å². The van der Waals surface area contributed by atoms with Gasteiger partial charge >= 0.3 is 24.5 Å². The van der Waals surface area contributed by atoms with Crippen LogP contribution in [0.3, 0.4) is 0 Å². The molecule has 3 heterocycles. The van der Waals surface area contributed by atoms with E-state index in [2.05, 4.69) is 10.0 Å². The third kappa shape index (κ3) is 7.87. The standard InChI is InChI=1S/C24H32F3N3O8.C3H6O/c1-7-15-23(29-30-28,10-24(25,26)27)18-14(5)16(35-20(32)37-18)13(4)9-22(6)17(36-21(33)38-22)11(2)8-12(3)19(31)34-15;1-3(2)4/h8,11,13-18H,7,9-10H2,1-6H3;1-2H3/b12-8+;/t11-,13+,14-,15+,16-,17+,18+,22+,23+;/m0./s1. The zero-order valence-electron chi connectivity index (χ0n) is 24.9. The van der Waals surface area contributed by atoms with E-state index in [-0.39, 0.29) is 24.2 Å². The molecule has 3 aliphatic heterocycles. The van der Waals surface area contributed by atoms with Crippen LogP contribution in [0.2, 0.25) is 0 Å². The highest BCUT2D eigenvalue weighted by atomic mass is 19.4. The van der Waals surface area contributed by atoms with E-state index >= 15 is 0 Å². The summed E-state index contributed by atoms with van der Waals surface area (Å²) in [6, 6.07) is 0. The molecule has 2 saturated heterocycles. The number of halogens is 3. The van der Waals surface area contributed by atoms with Gasteiger partial charge in [0, 0.05) is 22.3 Å².